The predicted octanol–water partition coefficient (Wildman–Crippen LogP) is 2.38. The number of nitrogen functional groups attached to an aromatic ring is 1. The van der Waals surface area contributed by atoms with Crippen LogP contribution in [0, 0.1) is 11.3 Å². The monoisotopic (exact) mass is 246 g/mol. The van der Waals surface area contributed by atoms with Gasteiger partial charge < -0.3 is 10.5 Å². The molecule has 0 bridgehead atoms. The summed E-state index contributed by atoms with van der Waals surface area (Å²) in [6, 6.07) is 6.84. The van der Waals surface area contributed by atoms with Gasteiger partial charge in [-0.3, -0.25) is 0 Å². The quantitative estimate of drug-likeness (QED) is 0.823. The number of halogens is 1. The fourth-order valence-corrected chi connectivity index (χ4v) is 1.27. The van der Waals surface area contributed by atoms with Crippen LogP contribution in [0.1, 0.15) is 5.56 Å². The van der Waals surface area contributed by atoms with Gasteiger partial charge in [0.25, 0.3) is 0 Å². The average Bonchev–Trinajstić information content (AvgIpc) is 2.34. The minimum atomic E-state index is 0.121. The Morgan fingerprint density at radius 2 is 2.00 bits per heavy atom. The lowest BCUT2D eigenvalue weighted by atomic mass is 10.2. The van der Waals surface area contributed by atoms with Crippen LogP contribution in [0.4, 0.5) is 5.69 Å². The zero-order chi connectivity index (χ0) is 12.3. The molecule has 2 N–H and O–H groups in total. The number of anilines is 1. The van der Waals surface area contributed by atoms with E-state index < -0.39 is 0 Å². The van der Waals surface area contributed by atoms with E-state index in [0.29, 0.717) is 22.0 Å². The molecule has 0 amide bonds. The summed E-state index contributed by atoms with van der Waals surface area (Å²) < 4.78 is 5.35. The molecule has 0 spiro atoms. The second-order valence-electron chi connectivity index (χ2n) is 3.15. The molecule has 5 nitrogen and oxygen atoms in total. The van der Waals surface area contributed by atoms with Gasteiger partial charge in [0.05, 0.1) is 23.0 Å². The Morgan fingerprint density at radius 1 is 1.29 bits per heavy atom. The number of ether oxygens (including phenoxy) is 1. The summed E-state index contributed by atoms with van der Waals surface area (Å²) >= 11 is 5.64. The molecule has 0 saturated carbocycles. The summed E-state index contributed by atoms with van der Waals surface area (Å²) in [7, 11) is 0. The summed E-state index contributed by atoms with van der Waals surface area (Å²) in [5.74, 6) is 0.351. The first-order chi connectivity index (χ1) is 8.19. The molecule has 6 heteroatoms. The highest BCUT2D eigenvalue weighted by molar-refractivity contribution is 6.30. The maximum Gasteiger partial charge on any atom is 0.322 e. The van der Waals surface area contributed by atoms with Gasteiger partial charge in [-0.25, -0.2) is 9.97 Å². The van der Waals surface area contributed by atoms with Gasteiger partial charge in [-0.1, -0.05) is 11.6 Å². The zero-order valence-corrected chi connectivity index (χ0v) is 9.35. The molecule has 1 aromatic carbocycles. The molecular formula is C11H7ClN4O. The van der Waals surface area contributed by atoms with E-state index >= 15 is 0 Å². The Hall–Kier alpha value is -2.32. The topological polar surface area (TPSA) is 84.8 Å². The molecule has 0 saturated heterocycles. The molecule has 0 aliphatic rings. The second kappa shape index (κ2) is 4.68. The molecule has 0 aliphatic heterocycles. The molecule has 0 atom stereocenters. The lowest BCUT2D eigenvalue weighted by Crippen LogP contribution is -1.94. The van der Waals surface area contributed by atoms with Crippen LogP contribution in [0.2, 0.25) is 5.02 Å². The van der Waals surface area contributed by atoms with Crippen molar-refractivity contribution in [3.8, 4) is 17.8 Å². The Morgan fingerprint density at radius 3 is 2.65 bits per heavy atom. The number of benzene rings is 1. The van der Waals surface area contributed by atoms with Crippen molar-refractivity contribution in [1.82, 2.24) is 9.97 Å². The predicted molar refractivity (Wildman–Crippen MR) is 62.7 cm³/mol. The maximum absolute atomic E-state index is 8.92. The van der Waals surface area contributed by atoms with E-state index in [1.807, 2.05) is 6.07 Å². The summed E-state index contributed by atoms with van der Waals surface area (Å²) in [6.07, 6.45) is 2.82. The average molecular weight is 247 g/mol. The summed E-state index contributed by atoms with van der Waals surface area (Å²) in [5.41, 5.74) is 6.38. The van der Waals surface area contributed by atoms with Crippen LogP contribution in [0.5, 0.6) is 11.8 Å². The van der Waals surface area contributed by atoms with Crippen molar-refractivity contribution in [3.63, 3.8) is 0 Å². The van der Waals surface area contributed by atoms with E-state index in [4.69, 9.17) is 27.3 Å². The van der Waals surface area contributed by atoms with Crippen molar-refractivity contribution in [2.75, 3.05) is 5.73 Å². The molecule has 0 radical (unpaired) electrons. The van der Waals surface area contributed by atoms with Crippen molar-refractivity contribution in [3.05, 3.63) is 41.2 Å². The third-order valence-corrected chi connectivity index (χ3v) is 2.12. The van der Waals surface area contributed by atoms with Crippen LogP contribution in [-0.2, 0) is 0 Å². The highest BCUT2D eigenvalue weighted by Crippen LogP contribution is 2.24. The summed E-state index contributed by atoms with van der Waals surface area (Å²) in [5, 5.41) is 9.33. The first kappa shape index (κ1) is 11.2. The lowest BCUT2D eigenvalue weighted by molar-refractivity contribution is 0.440. The fraction of sp³-hybridized carbons (Fsp3) is 0. The van der Waals surface area contributed by atoms with Gasteiger partial charge in [-0.2, -0.15) is 5.26 Å². The van der Waals surface area contributed by atoms with Crippen LogP contribution >= 0.6 is 11.6 Å². The van der Waals surface area contributed by atoms with E-state index in [2.05, 4.69) is 9.97 Å². The number of nitrogens with zero attached hydrogens (tertiary/aromatic N) is 3. The van der Waals surface area contributed by atoms with Crippen molar-refractivity contribution in [2.45, 2.75) is 0 Å². The maximum atomic E-state index is 8.92. The van der Waals surface area contributed by atoms with Gasteiger partial charge >= 0.3 is 6.01 Å². The molecule has 0 unspecified atom stereocenters. The molecule has 1 aromatic heterocycles. The molecule has 84 valence electrons. The van der Waals surface area contributed by atoms with Crippen molar-refractivity contribution in [1.29, 1.82) is 5.26 Å². The first-order valence-electron chi connectivity index (χ1n) is 4.64. The van der Waals surface area contributed by atoms with E-state index in [0.717, 1.165) is 0 Å². The smallest absolute Gasteiger partial charge is 0.322 e. The normalized spacial score (nSPS) is 9.65. The number of aromatic nitrogens is 2. The Bertz CT molecular complexity index is 577. The van der Waals surface area contributed by atoms with Gasteiger partial charge in [0.15, 0.2) is 0 Å². The molecule has 2 rings (SSSR count). The standard InChI is InChI=1S/C11H7ClN4O/c12-8-5-15-11(16-6-8)17-10-2-1-9(14)3-7(10)4-13/h1-3,5-6H,14H2. The summed E-state index contributed by atoms with van der Waals surface area (Å²) in [4.78, 5) is 7.73. The highest BCUT2D eigenvalue weighted by Gasteiger charge is 2.06. The van der Waals surface area contributed by atoms with Gasteiger partial charge in [-0.05, 0) is 18.2 Å². The van der Waals surface area contributed by atoms with Crippen molar-refractivity contribution in [2.24, 2.45) is 0 Å². The first-order valence-corrected chi connectivity index (χ1v) is 5.02. The number of hydrogen-bond acceptors (Lipinski definition) is 5. The Balaban J connectivity index is 2.30. The van der Waals surface area contributed by atoms with Gasteiger partial charge in [0, 0.05) is 5.69 Å². The van der Waals surface area contributed by atoms with Crippen molar-refractivity contribution >= 4 is 17.3 Å². The SMILES string of the molecule is N#Cc1cc(N)ccc1Oc1ncc(Cl)cn1. The number of nitrogens with two attached hydrogens (primary N) is 1. The minimum Gasteiger partial charge on any atom is -0.423 e. The third kappa shape index (κ3) is 2.62. The number of nitriles is 1. The second-order valence-corrected chi connectivity index (χ2v) is 3.59. The fourth-order valence-electron chi connectivity index (χ4n) is 1.18. The minimum absolute atomic E-state index is 0.121. The van der Waals surface area contributed by atoms with Gasteiger partial charge in [-0.15, -0.1) is 0 Å². The van der Waals surface area contributed by atoms with Crippen LogP contribution < -0.4 is 10.5 Å². The number of rotatable bonds is 2. The molecule has 2 aromatic rings. The summed E-state index contributed by atoms with van der Waals surface area (Å²) in [6.45, 7) is 0. The van der Waals surface area contributed by atoms with E-state index in [1.54, 1.807) is 12.1 Å². The molecule has 1 heterocycles. The van der Waals surface area contributed by atoms with Crippen molar-refractivity contribution < 1.29 is 4.74 Å². The van der Waals surface area contributed by atoms with Crippen LogP contribution in [0.3, 0.4) is 0 Å². The highest BCUT2D eigenvalue weighted by atomic mass is 35.5. The van der Waals surface area contributed by atoms with Crippen LogP contribution in [0.15, 0.2) is 30.6 Å². The van der Waals surface area contributed by atoms with Crippen LogP contribution in [-0.4, -0.2) is 9.97 Å². The van der Waals surface area contributed by atoms with E-state index in [-0.39, 0.29) is 6.01 Å². The molecular weight excluding hydrogens is 240 g/mol. The largest absolute Gasteiger partial charge is 0.423 e. The number of hydrogen-bond donors (Lipinski definition) is 1. The molecule has 0 aliphatic carbocycles. The van der Waals surface area contributed by atoms with Crippen LogP contribution in [0.25, 0.3) is 0 Å². The van der Waals surface area contributed by atoms with E-state index in [1.165, 1.54) is 18.5 Å². The third-order valence-electron chi connectivity index (χ3n) is 1.92. The lowest BCUT2D eigenvalue weighted by Gasteiger charge is -2.05. The Labute approximate surface area is 102 Å². The van der Waals surface area contributed by atoms with E-state index in [9.17, 15) is 0 Å². The van der Waals surface area contributed by atoms with Gasteiger partial charge in [0.2, 0.25) is 0 Å². The Kier molecular flexibility index (Phi) is 3.08. The molecule has 0 fully saturated rings. The zero-order valence-electron chi connectivity index (χ0n) is 8.59. The molecule has 17 heavy (non-hydrogen) atoms. The van der Waals surface area contributed by atoms with Gasteiger partial charge in [0.1, 0.15) is 11.8 Å².